The Morgan fingerprint density at radius 2 is 1.65 bits per heavy atom. The Morgan fingerprint density at radius 3 is 2.29 bits per heavy atom. The highest BCUT2D eigenvalue weighted by Crippen LogP contribution is 2.25. The van der Waals surface area contributed by atoms with E-state index >= 15 is 0 Å². The summed E-state index contributed by atoms with van der Waals surface area (Å²) in [6.07, 6.45) is 3.78. The number of hydrogen-bond acceptors (Lipinski definition) is 4. The number of piperidine rings is 2. The number of rotatable bonds is 5. The number of ether oxygens (including phenoxy) is 2. The fourth-order valence-electron chi connectivity index (χ4n) is 4.39. The average Bonchev–Trinajstić information content (AvgIpc) is 2.82. The van der Waals surface area contributed by atoms with Crippen molar-refractivity contribution in [2.75, 3.05) is 38.6 Å². The van der Waals surface area contributed by atoms with Gasteiger partial charge >= 0.3 is 6.03 Å². The molecule has 2 aromatic rings. The van der Waals surface area contributed by atoms with Crippen LogP contribution in [0.1, 0.15) is 25.7 Å². The van der Waals surface area contributed by atoms with E-state index in [1.165, 1.54) is 6.07 Å². The third-order valence-corrected chi connectivity index (χ3v) is 6.22. The minimum Gasteiger partial charge on any atom is -0.497 e. The summed E-state index contributed by atoms with van der Waals surface area (Å²) >= 11 is 0. The monoisotopic (exact) mass is 427 g/mol. The van der Waals surface area contributed by atoms with E-state index in [0.29, 0.717) is 11.8 Å². The van der Waals surface area contributed by atoms with E-state index in [1.807, 2.05) is 29.2 Å². The van der Waals surface area contributed by atoms with E-state index in [2.05, 4.69) is 10.2 Å². The quantitative estimate of drug-likeness (QED) is 0.770. The van der Waals surface area contributed by atoms with Crippen molar-refractivity contribution in [1.82, 2.24) is 9.80 Å². The molecule has 2 aliphatic rings. The number of amides is 2. The number of methoxy groups -OCH3 is 1. The summed E-state index contributed by atoms with van der Waals surface area (Å²) in [6, 6.07) is 14.4. The maximum atomic E-state index is 13.8. The molecule has 0 bridgehead atoms. The second-order valence-electron chi connectivity index (χ2n) is 8.16. The molecule has 2 aliphatic heterocycles. The summed E-state index contributed by atoms with van der Waals surface area (Å²) in [5, 5.41) is 2.96. The Morgan fingerprint density at radius 1 is 0.968 bits per heavy atom. The summed E-state index contributed by atoms with van der Waals surface area (Å²) in [4.78, 5) is 17.0. The molecule has 166 valence electrons. The van der Waals surface area contributed by atoms with Crippen LogP contribution in [-0.2, 0) is 0 Å². The van der Waals surface area contributed by atoms with Crippen LogP contribution in [0.2, 0.25) is 0 Å². The molecule has 2 amide bonds. The van der Waals surface area contributed by atoms with Crippen LogP contribution in [0, 0.1) is 5.82 Å². The second kappa shape index (κ2) is 10.0. The molecule has 2 fully saturated rings. The van der Waals surface area contributed by atoms with Crippen molar-refractivity contribution in [3.05, 3.63) is 54.3 Å². The van der Waals surface area contributed by atoms with Crippen LogP contribution in [0.3, 0.4) is 0 Å². The maximum Gasteiger partial charge on any atom is 0.321 e. The molecular formula is C24H30FN3O3. The van der Waals surface area contributed by atoms with Gasteiger partial charge in [0.25, 0.3) is 0 Å². The topological polar surface area (TPSA) is 54.0 Å². The van der Waals surface area contributed by atoms with Gasteiger partial charge in [0.05, 0.1) is 7.11 Å². The number of nitrogens with one attached hydrogen (secondary N) is 1. The van der Waals surface area contributed by atoms with Gasteiger partial charge in [-0.2, -0.15) is 0 Å². The van der Waals surface area contributed by atoms with Gasteiger partial charge in [0.2, 0.25) is 0 Å². The maximum absolute atomic E-state index is 13.8. The van der Waals surface area contributed by atoms with Crippen LogP contribution >= 0.6 is 0 Å². The van der Waals surface area contributed by atoms with Gasteiger partial charge in [0.15, 0.2) is 11.6 Å². The van der Waals surface area contributed by atoms with Crippen LogP contribution in [0.5, 0.6) is 11.5 Å². The van der Waals surface area contributed by atoms with E-state index in [0.717, 1.165) is 63.3 Å². The van der Waals surface area contributed by atoms with Crippen LogP contribution in [-0.4, -0.2) is 61.3 Å². The molecule has 2 saturated heterocycles. The van der Waals surface area contributed by atoms with Gasteiger partial charge in [-0.05, 0) is 62.1 Å². The number of urea groups is 1. The smallest absolute Gasteiger partial charge is 0.321 e. The third kappa shape index (κ3) is 5.47. The SMILES string of the molecule is COc1ccc(NC(=O)N2CCC(N3CCC(Oc4ccccc4F)CC3)CC2)cc1. The molecule has 6 nitrogen and oxygen atoms in total. The van der Waals surface area contributed by atoms with Gasteiger partial charge in [-0.15, -0.1) is 0 Å². The van der Waals surface area contributed by atoms with E-state index < -0.39 is 0 Å². The normalized spacial score (nSPS) is 18.6. The Hall–Kier alpha value is -2.80. The van der Waals surface area contributed by atoms with E-state index in [1.54, 1.807) is 25.3 Å². The molecule has 0 unspecified atom stereocenters. The van der Waals surface area contributed by atoms with Crippen molar-refractivity contribution in [1.29, 1.82) is 0 Å². The van der Waals surface area contributed by atoms with Crippen molar-refractivity contribution in [2.45, 2.75) is 37.8 Å². The zero-order valence-corrected chi connectivity index (χ0v) is 17.9. The molecule has 1 N–H and O–H groups in total. The number of nitrogens with zero attached hydrogens (tertiary/aromatic N) is 2. The van der Waals surface area contributed by atoms with E-state index in [9.17, 15) is 9.18 Å². The van der Waals surface area contributed by atoms with Crippen molar-refractivity contribution >= 4 is 11.7 Å². The minimum absolute atomic E-state index is 0.0550. The van der Waals surface area contributed by atoms with Gasteiger partial charge in [0.1, 0.15) is 11.9 Å². The number of para-hydroxylation sites is 1. The first-order chi connectivity index (χ1) is 15.1. The van der Waals surface area contributed by atoms with E-state index in [4.69, 9.17) is 9.47 Å². The lowest BCUT2D eigenvalue weighted by Crippen LogP contribution is -2.50. The predicted octanol–water partition coefficient (Wildman–Crippen LogP) is 4.37. The van der Waals surface area contributed by atoms with Crippen LogP contribution < -0.4 is 14.8 Å². The van der Waals surface area contributed by atoms with Crippen molar-refractivity contribution in [3.8, 4) is 11.5 Å². The van der Waals surface area contributed by atoms with Crippen LogP contribution in [0.4, 0.5) is 14.9 Å². The fraction of sp³-hybridized carbons (Fsp3) is 0.458. The van der Waals surface area contributed by atoms with Gasteiger partial charge in [-0.3, -0.25) is 4.90 Å². The van der Waals surface area contributed by atoms with Crippen molar-refractivity contribution in [3.63, 3.8) is 0 Å². The molecule has 0 spiro atoms. The van der Waals surface area contributed by atoms with Gasteiger partial charge in [0, 0.05) is 37.9 Å². The summed E-state index contributed by atoms with van der Waals surface area (Å²) in [5.41, 5.74) is 0.768. The number of carbonyl (C=O) groups is 1. The number of carbonyl (C=O) groups excluding carboxylic acids is 1. The summed E-state index contributed by atoms with van der Waals surface area (Å²) in [5.74, 6) is 0.809. The number of anilines is 1. The Labute approximate surface area is 182 Å². The highest BCUT2D eigenvalue weighted by Gasteiger charge is 2.30. The number of benzene rings is 2. The standard InChI is InChI=1S/C24H30FN3O3/c1-30-20-8-6-18(7-9-20)26-24(29)28-14-10-19(11-15-28)27-16-12-21(13-17-27)31-23-5-3-2-4-22(23)25/h2-9,19,21H,10-17H2,1H3,(H,26,29). The van der Waals surface area contributed by atoms with Crippen LogP contribution in [0.15, 0.2) is 48.5 Å². The summed E-state index contributed by atoms with van der Waals surface area (Å²) in [7, 11) is 1.62. The molecule has 0 aliphatic carbocycles. The zero-order valence-electron chi connectivity index (χ0n) is 17.9. The first-order valence-corrected chi connectivity index (χ1v) is 11.0. The summed E-state index contributed by atoms with van der Waals surface area (Å²) in [6.45, 7) is 3.39. The van der Waals surface area contributed by atoms with E-state index in [-0.39, 0.29) is 18.0 Å². The molecule has 2 heterocycles. The molecule has 31 heavy (non-hydrogen) atoms. The Bertz CT molecular complexity index is 861. The van der Waals surface area contributed by atoms with Gasteiger partial charge < -0.3 is 19.7 Å². The highest BCUT2D eigenvalue weighted by atomic mass is 19.1. The Kier molecular flexibility index (Phi) is 6.92. The molecule has 0 aromatic heterocycles. The molecule has 7 heteroatoms. The lowest BCUT2D eigenvalue weighted by Gasteiger charge is -2.41. The number of likely N-dealkylation sites (tertiary alicyclic amines) is 2. The average molecular weight is 428 g/mol. The molecule has 0 atom stereocenters. The van der Waals surface area contributed by atoms with Crippen LogP contribution in [0.25, 0.3) is 0 Å². The first kappa shape index (κ1) is 21.4. The van der Waals surface area contributed by atoms with Gasteiger partial charge in [-0.25, -0.2) is 9.18 Å². The fourth-order valence-corrected chi connectivity index (χ4v) is 4.39. The highest BCUT2D eigenvalue weighted by molar-refractivity contribution is 5.89. The minimum atomic E-state index is -0.301. The lowest BCUT2D eigenvalue weighted by atomic mass is 9.99. The molecule has 4 rings (SSSR count). The first-order valence-electron chi connectivity index (χ1n) is 11.0. The van der Waals surface area contributed by atoms with Crippen molar-refractivity contribution in [2.24, 2.45) is 0 Å². The molecule has 0 radical (unpaired) electrons. The molecule has 2 aromatic carbocycles. The summed E-state index contributed by atoms with van der Waals surface area (Å²) < 4.78 is 24.8. The number of halogens is 1. The second-order valence-corrected chi connectivity index (χ2v) is 8.16. The number of hydrogen-bond donors (Lipinski definition) is 1. The largest absolute Gasteiger partial charge is 0.497 e. The van der Waals surface area contributed by atoms with Gasteiger partial charge in [-0.1, -0.05) is 12.1 Å². The third-order valence-electron chi connectivity index (χ3n) is 6.22. The molecule has 0 saturated carbocycles. The zero-order chi connectivity index (χ0) is 21.6. The Balaban J connectivity index is 1.20. The lowest BCUT2D eigenvalue weighted by molar-refractivity contribution is 0.0529. The molecular weight excluding hydrogens is 397 g/mol. The van der Waals surface area contributed by atoms with Crippen molar-refractivity contribution < 1.29 is 18.7 Å². The predicted molar refractivity (Wildman–Crippen MR) is 118 cm³/mol.